The Balaban J connectivity index is 1.74. The monoisotopic (exact) mass is 563 g/mol. The van der Waals surface area contributed by atoms with Gasteiger partial charge in [0.2, 0.25) is 0 Å². The second-order valence-corrected chi connectivity index (χ2v) is 10.1. The van der Waals surface area contributed by atoms with Crippen LogP contribution in [0.25, 0.3) is 27.9 Å². The van der Waals surface area contributed by atoms with Gasteiger partial charge in [0, 0.05) is 22.9 Å². The molecule has 0 saturated carbocycles. The van der Waals surface area contributed by atoms with E-state index >= 15 is 4.39 Å². The fraction of sp³-hybridized carbons (Fsp3) is 0.115. The van der Waals surface area contributed by atoms with Gasteiger partial charge in [-0.1, -0.05) is 23.7 Å². The summed E-state index contributed by atoms with van der Waals surface area (Å²) in [4.78, 5) is 18.1. The maximum absolute atomic E-state index is 15.1. The largest absolute Gasteiger partial charge is 0.842 e. The van der Waals surface area contributed by atoms with E-state index in [0.29, 0.717) is 22.6 Å². The average Bonchev–Trinajstić information content (AvgIpc) is 3.27. The highest BCUT2D eigenvalue weighted by atomic mass is 35.5. The highest BCUT2D eigenvalue weighted by Crippen LogP contribution is 2.35. The number of hydrogen-bond donors (Lipinski definition) is 0. The Kier molecular flexibility index (Phi) is 6.44. The van der Waals surface area contributed by atoms with E-state index in [4.69, 9.17) is 11.6 Å². The van der Waals surface area contributed by atoms with E-state index in [-0.39, 0.29) is 27.8 Å². The van der Waals surface area contributed by atoms with Crippen molar-refractivity contribution in [1.29, 1.82) is 0 Å². The predicted molar refractivity (Wildman–Crippen MR) is 130 cm³/mol. The first-order valence-corrected chi connectivity index (χ1v) is 12.2. The molecule has 0 saturated heterocycles. The molecule has 0 amide bonds. The lowest BCUT2D eigenvalue weighted by molar-refractivity contribution is -0.708. The van der Waals surface area contributed by atoms with Crippen LogP contribution in [0, 0.1) is 18.6 Å². The van der Waals surface area contributed by atoms with Crippen molar-refractivity contribution in [1.82, 2.24) is 9.38 Å². The van der Waals surface area contributed by atoms with Gasteiger partial charge in [-0.3, -0.25) is 0 Å². The van der Waals surface area contributed by atoms with Crippen molar-refractivity contribution in [2.75, 3.05) is 0 Å². The molecule has 3 aromatic heterocycles. The van der Waals surface area contributed by atoms with Gasteiger partial charge in [-0.25, -0.2) is 23.1 Å². The van der Waals surface area contributed by atoms with Gasteiger partial charge in [0.15, 0.2) is 4.47 Å². The third-order valence-electron chi connectivity index (χ3n) is 5.99. The molecule has 5 rings (SSSR count). The van der Waals surface area contributed by atoms with E-state index in [2.05, 4.69) is 4.98 Å². The first-order valence-electron chi connectivity index (χ1n) is 11.0. The number of halogens is 6. The van der Waals surface area contributed by atoms with Crippen molar-refractivity contribution in [3.05, 3.63) is 103 Å². The van der Waals surface area contributed by atoms with Crippen LogP contribution in [0.4, 0.5) is 22.0 Å². The van der Waals surface area contributed by atoms with Crippen molar-refractivity contribution in [2.24, 2.45) is 0 Å². The van der Waals surface area contributed by atoms with Gasteiger partial charge in [-0.2, -0.15) is 17.6 Å². The van der Waals surface area contributed by atoms with Gasteiger partial charge in [-0.15, -0.1) is 11.3 Å². The molecular weight excluding hydrogens is 549 g/mol. The summed E-state index contributed by atoms with van der Waals surface area (Å²) in [7, 11) is 0. The molecule has 3 heterocycles. The predicted octanol–water partition coefficient (Wildman–Crippen LogP) is 5.76. The van der Waals surface area contributed by atoms with Gasteiger partial charge >= 0.3 is 11.7 Å². The minimum Gasteiger partial charge on any atom is -0.842 e. The molecule has 2 aromatic carbocycles. The third-order valence-corrected chi connectivity index (χ3v) is 7.09. The van der Waals surface area contributed by atoms with Gasteiger partial charge < -0.3 is 5.11 Å². The quantitative estimate of drug-likeness (QED) is 0.206. The van der Waals surface area contributed by atoms with E-state index in [0.717, 1.165) is 35.6 Å². The number of alkyl halides is 3. The third kappa shape index (κ3) is 4.52. The first kappa shape index (κ1) is 25.8. The lowest BCUT2D eigenvalue weighted by atomic mass is 9.98. The molecule has 0 aliphatic rings. The molecule has 38 heavy (non-hydrogen) atoms. The zero-order valence-electron chi connectivity index (χ0n) is 19.3. The molecule has 0 N–H and O–H groups in total. The maximum Gasteiger partial charge on any atom is 0.416 e. The molecule has 0 aliphatic heterocycles. The van der Waals surface area contributed by atoms with Crippen molar-refractivity contribution in [2.45, 2.75) is 19.6 Å². The van der Waals surface area contributed by atoms with Crippen LogP contribution in [0.3, 0.4) is 0 Å². The Bertz CT molecular complexity index is 1780. The number of pyridine rings is 1. The Morgan fingerprint density at radius 1 is 1.08 bits per heavy atom. The molecule has 12 heteroatoms. The van der Waals surface area contributed by atoms with Crippen molar-refractivity contribution in [3.63, 3.8) is 0 Å². The summed E-state index contributed by atoms with van der Waals surface area (Å²) < 4.78 is 71.5. The van der Waals surface area contributed by atoms with Crippen LogP contribution in [-0.4, -0.2) is 9.38 Å². The molecule has 0 aliphatic carbocycles. The normalized spacial score (nSPS) is 11.9. The zero-order valence-corrected chi connectivity index (χ0v) is 20.9. The van der Waals surface area contributed by atoms with Crippen LogP contribution in [0.1, 0.15) is 16.0 Å². The van der Waals surface area contributed by atoms with Gasteiger partial charge in [0.1, 0.15) is 23.7 Å². The molecule has 5 aromatic rings. The Labute approximate surface area is 220 Å². The second-order valence-electron chi connectivity index (χ2n) is 8.42. The van der Waals surface area contributed by atoms with Gasteiger partial charge in [0.05, 0.1) is 22.5 Å². The minimum absolute atomic E-state index is 0.0125. The first-order chi connectivity index (χ1) is 18.0. The maximum atomic E-state index is 15.1. The molecule has 0 fully saturated rings. The minimum atomic E-state index is -4.75. The molecular formula is C26H15ClF5N3O2S. The van der Waals surface area contributed by atoms with E-state index in [1.165, 1.54) is 21.4 Å². The number of nitrogens with zero attached hydrogens (tertiary/aromatic N) is 3. The number of thiazole rings is 1. The van der Waals surface area contributed by atoms with Crippen molar-refractivity contribution < 1.29 is 31.6 Å². The molecule has 194 valence electrons. The van der Waals surface area contributed by atoms with Crippen molar-refractivity contribution in [3.8, 4) is 28.1 Å². The number of benzene rings is 2. The molecule has 0 radical (unpaired) electrons. The standard InChI is InChI=1S/C26H15ClF5N3O2S/c1-13-3-2-8-34-22(13)35(12-16-11-33-25(27)38-16)24(37)21(23(34)36)18-9-14(4-7-19(18)28)17-6-5-15(10-20(17)29)26(30,31)32/h2-11H,12H2,1H3. The topological polar surface area (TPSA) is 61.3 Å². The fourth-order valence-electron chi connectivity index (χ4n) is 4.26. The number of fused-ring (bicyclic) bond motifs is 1. The second kappa shape index (κ2) is 9.48. The summed E-state index contributed by atoms with van der Waals surface area (Å²) in [5.74, 6) is -2.93. The van der Waals surface area contributed by atoms with Crippen LogP contribution in [0.5, 0.6) is 5.88 Å². The highest BCUT2D eigenvalue weighted by molar-refractivity contribution is 7.15. The van der Waals surface area contributed by atoms with Crippen LogP contribution in [0.15, 0.2) is 65.7 Å². The van der Waals surface area contributed by atoms with E-state index in [1.807, 2.05) is 0 Å². The number of aryl methyl sites for hydroxylation is 1. The number of rotatable bonds is 4. The smallest absolute Gasteiger partial charge is 0.416 e. The van der Waals surface area contributed by atoms with Gasteiger partial charge in [0.25, 0.3) is 5.65 Å². The summed E-state index contributed by atoms with van der Waals surface area (Å²) in [6.07, 6.45) is -1.84. The van der Waals surface area contributed by atoms with Crippen molar-refractivity contribution >= 4 is 28.6 Å². The summed E-state index contributed by atoms with van der Waals surface area (Å²) >= 11 is 7.06. The van der Waals surface area contributed by atoms with Gasteiger partial charge in [-0.05, 0) is 48.9 Å². The Hall–Kier alpha value is -3.83. The van der Waals surface area contributed by atoms with E-state index in [9.17, 15) is 27.5 Å². The summed E-state index contributed by atoms with van der Waals surface area (Å²) in [6.45, 7) is 1.69. The summed E-state index contributed by atoms with van der Waals surface area (Å²) in [6, 6.07) is 8.41. The van der Waals surface area contributed by atoms with Crippen LogP contribution < -0.4 is 15.2 Å². The molecule has 0 atom stereocenters. The van der Waals surface area contributed by atoms with Crippen LogP contribution in [-0.2, 0) is 12.7 Å². The molecule has 0 bridgehead atoms. The van der Waals surface area contributed by atoms with E-state index < -0.39 is 45.9 Å². The molecule has 5 nitrogen and oxygen atoms in total. The summed E-state index contributed by atoms with van der Waals surface area (Å²) in [5, 5.41) is 13.7. The highest BCUT2D eigenvalue weighted by Gasteiger charge is 2.31. The molecule has 0 unspecified atom stereocenters. The lowest BCUT2D eigenvalue weighted by Gasteiger charge is -2.18. The average molecular weight is 564 g/mol. The Morgan fingerprint density at radius 3 is 2.50 bits per heavy atom. The number of aromatic nitrogens is 3. The number of hydrogen-bond acceptors (Lipinski definition) is 4. The van der Waals surface area contributed by atoms with Crippen LogP contribution >= 0.6 is 22.9 Å². The molecule has 0 spiro atoms. The lowest BCUT2D eigenvalue weighted by Crippen LogP contribution is -2.44. The van der Waals surface area contributed by atoms with Crippen LogP contribution in [0.2, 0.25) is 4.47 Å². The van der Waals surface area contributed by atoms with E-state index in [1.54, 1.807) is 19.1 Å². The SMILES string of the molecule is Cc1cccn2c(=O)c(-c3cc(-c4ccc(C(F)(F)F)cc4F)ccc3F)c([O-])[n+](Cc3cnc(Cl)s3)c12. The Morgan fingerprint density at radius 2 is 1.84 bits per heavy atom. The summed E-state index contributed by atoms with van der Waals surface area (Å²) in [5.41, 5.74) is -2.31. The zero-order chi connectivity index (χ0) is 27.4. The fourth-order valence-corrected chi connectivity index (χ4v) is 5.22.